The molecule has 2 aromatic carbocycles. The second-order valence-corrected chi connectivity index (χ2v) is 11.9. The number of rotatable bonds is 8. The SMILES string of the molecule is CCCC(NC(=O)Oc1ccc(-c2ccccc2)cc1)C(=O)N1CCC2C1C(=O)CN2S(=O)(=O)C(=O)c1ccccn1. The van der Waals surface area contributed by atoms with Gasteiger partial charge in [0.05, 0.1) is 12.6 Å². The molecule has 1 N–H and O–H groups in total. The van der Waals surface area contributed by atoms with Crippen LogP contribution in [0.4, 0.5) is 4.79 Å². The predicted molar refractivity (Wildman–Crippen MR) is 153 cm³/mol. The summed E-state index contributed by atoms with van der Waals surface area (Å²) >= 11 is 0. The van der Waals surface area contributed by atoms with E-state index in [-0.39, 0.29) is 25.1 Å². The van der Waals surface area contributed by atoms with Crippen molar-refractivity contribution in [1.82, 2.24) is 19.5 Å². The molecule has 11 nitrogen and oxygen atoms in total. The number of aromatic nitrogens is 1. The summed E-state index contributed by atoms with van der Waals surface area (Å²) in [6, 6.07) is 18.1. The van der Waals surface area contributed by atoms with Gasteiger partial charge in [-0.05, 0) is 48.2 Å². The highest BCUT2D eigenvalue weighted by Crippen LogP contribution is 2.33. The molecule has 0 bridgehead atoms. The fourth-order valence-corrected chi connectivity index (χ4v) is 6.91. The number of likely N-dealkylation sites (tertiary alicyclic amines) is 1. The zero-order valence-corrected chi connectivity index (χ0v) is 23.7. The molecule has 2 saturated heterocycles. The number of hydrogen-bond donors (Lipinski definition) is 1. The first-order valence-corrected chi connectivity index (χ1v) is 15.1. The van der Waals surface area contributed by atoms with E-state index in [1.54, 1.807) is 18.2 Å². The molecule has 3 aromatic rings. The highest BCUT2D eigenvalue weighted by atomic mass is 32.2. The number of pyridine rings is 1. The molecule has 0 saturated carbocycles. The smallest absolute Gasteiger partial charge is 0.410 e. The quantitative estimate of drug-likeness (QED) is 0.422. The van der Waals surface area contributed by atoms with Gasteiger partial charge in [-0.2, -0.15) is 4.31 Å². The van der Waals surface area contributed by atoms with Gasteiger partial charge in [-0.15, -0.1) is 0 Å². The number of nitrogens with zero attached hydrogens (tertiary/aromatic N) is 3. The van der Waals surface area contributed by atoms with E-state index in [4.69, 9.17) is 4.74 Å². The molecule has 2 aliphatic heterocycles. The topological polar surface area (TPSA) is 143 Å². The van der Waals surface area contributed by atoms with Crippen molar-refractivity contribution >= 4 is 32.9 Å². The van der Waals surface area contributed by atoms with Crippen LogP contribution in [0.2, 0.25) is 0 Å². The number of sulfonamides is 1. The Bertz CT molecular complexity index is 1580. The predicted octanol–water partition coefficient (Wildman–Crippen LogP) is 3.03. The van der Waals surface area contributed by atoms with Crippen molar-refractivity contribution in [3.8, 4) is 16.9 Å². The fraction of sp³-hybridized carbons (Fsp3) is 0.300. The number of benzene rings is 2. The van der Waals surface area contributed by atoms with Crippen LogP contribution in [0.3, 0.4) is 0 Å². The molecule has 0 spiro atoms. The van der Waals surface area contributed by atoms with Gasteiger partial charge >= 0.3 is 11.2 Å². The minimum absolute atomic E-state index is 0.0988. The zero-order chi connectivity index (χ0) is 29.9. The van der Waals surface area contributed by atoms with Crippen molar-refractivity contribution in [3.05, 3.63) is 84.7 Å². The van der Waals surface area contributed by atoms with E-state index < -0.39 is 57.6 Å². The lowest BCUT2D eigenvalue weighted by Gasteiger charge is -2.28. The van der Waals surface area contributed by atoms with Crippen LogP contribution in [0.25, 0.3) is 11.1 Å². The maximum absolute atomic E-state index is 13.6. The first kappa shape index (κ1) is 29.1. The molecule has 42 heavy (non-hydrogen) atoms. The number of amides is 2. The molecule has 2 fully saturated rings. The van der Waals surface area contributed by atoms with Crippen LogP contribution in [0.1, 0.15) is 36.7 Å². The molecule has 0 radical (unpaired) electrons. The van der Waals surface area contributed by atoms with Crippen LogP contribution < -0.4 is 10.1 Å². The Labute approximate surface area is 243 Å². The average molecular weight is 591 g/mol. The van der Waals surface area contributed by atoms with E-state index >= 15 is 0 Å². The molecule has 3 unspecified atom stereocenters. The normalized spacial score (nSPS) is 19.3. The van der Waals surface area contributed by atoms with Crippen molar-refractivity contribution in [2.75, 3.05) is 13.1 Å². The van der Waals surface area contributed by atoms with Gasteiger partial charge in [0.1, 0.15) is 23.5 Å². The molecule has 2 aliphatic rings. The summed E-state index contributed by atoms with van der Waals surface area (Å²) in [4.78, 5) is 57.3. The van der Waals surface area contributed by atoms with Crippen molar-refractivity contribution in [3.63, 3.8) is 0 Å². The Kier molecular flexibility index (Phi) is 8.46. The Balaban J connectivity index is 1.25. The Hall–Kier alpha value is -4.42. The van der Waals surface area contributed by atoms with Crippen LogP contribution >= 0.6 is 0 Å². The molecule has 3 heterocycles. The van der Waals surface area contributed by atoms with Crippen LogP contribution in [-0.4, -0.2) is 76.7 Å². The number of fused-ring (bicyclic) bond motifs is 1. The van der Waals surface area contributed by atoms with E-state index in [9.17, 15) is 27.6 Å². The summed E-state index contributed by atoms with van der Waals surface area (Å²) in [6.07, 6.45) is 1.49. The summed E-state index contributed by atoms with van der Waals surface area (Å²) in [5.74, 6) is -0.704. The van der Waals surface area contributed by atoms with E-state index in [0.717, 1.165) is 15.4 Å². The number of ketones is 1. The Morgan fingerprint density at radius 3 is 2.36 bits per heavy atom. The number of carbonyl (C=O) groups excluding carboxylic acids is 4. The number of hydrogen-bond acceptors (Lipinski definition) is 8. The van der Waals surface area contributed by atoms with E-state index in [0.29, 0.717) is 12.2 Å². The van der Waals surface area contributed by atoms with E-state index in [1.807, 2.05) is 49.4 Å². The molecule has 2 amide bonds. The first-order valence-electron chi connectivity index (χ1n) is 13.6. The highest BCUT2D eigenvalue weighted by Gasteiger charge is 2.55. The largest absolute Gasteiger partial charge is 0.413 e. The lowest BCUT2D eigenvalue weighted by Crippen LogP contribution is -2.53. The highest BCUT2D eigenvalue weighted by molar-refractivity contribution is 8.04. The van der Waals surface area contributed by atoms with Crippen molar-refractivity contribution < 1.29 is 32.3 Å². The van der Waals surface area contributed by atoms with Gasteiger partial charge in [-0.25, -0.2) is 13.2 Å². The van der Waals surface area contributed by atoms with Gasteiger partial charge in [0.2, 0.25) is 5.91 Å². The van der Waals surface area contributed by atoms with Gasteiger partial charge in [-0.3, -0.25) is 19.4 Å². The lowest BCUT2D eigenvalue weighted by atomic mass is 10.1. The van der Waals surface area contributed by atoms with Gasteiger partial charge in [0.15, 0.2) is 5.78 Å². The number of ether oxygens (including phenoxy) is 1. The molecule has 3 atom stereocenters. The van der Waals surface area contributed by atoms with E-state index in [1.165, 1.54) is 23.2 Å². The van der Waals surface area contributed by atoms with Crippen molar-refractivity contribution in [1.29, 1.82) is 0 Å². The van der Waals surface area contributed by atoms with Gasteiger partial charge < -0.3 is 15.0 Å². The number of Topliss-reactive ketones (excluding diaryl/α,β-unsaturated/α-hetero) is 1. The minimum Gasteiger partial charge on any atom is -0.410 e. The van der Waals surface area contributed by atoms with Crippen LogP contribution in [0.5, 0.6) is 5.75 Å². The Morgan fingerprint density at radius 2 is 1.69 bits per heavy atom. The maximum atomic E-state index is 13.6. The average Bonchev–Trinajstić information content (AvgIpc) is 3.59. The summed E-state index contributed by atoms with van der Waals surface area (Å²) < 4.78 is 32.6. The van der Waals surface area contributed by atoms with Gasteiger partial charge in [-0.1, -0.05) is 61.9 Å². The van der Waals surface area contributed by atoms with Crippen LogP contribution in [-0.2, 0) is 19.6 Å². The molecule has 5 rings (SSSR count). The lowest BCUT2D eigenvalue weighted by molar-refractivity contribution is -0.138. The van der Waals surface area contributed by atoms with E-state index in [2.05, 4.69) is 10.3 Å². The minimum atomic E-state index is -4.55. The molecule has 1 aromatic heterocycles. The molecule has 12 heteroatoms. The van der Waals surface area contributed by atoms with Crippen molar-refractivity contribution in [2.45, 2.75) is 44.3 Å². The first-order chi connectivity index (χ1) is 20.2. The standard InChI is InChI=1S/C30H30N4O7S/c1-2-8-23(32-30(38)41-22-14-12-21(13-15-22)20-9-4-3-5-10-20)28(36)33-18-16-25-27(33)26(35)19-34(25)42(39,40)29(37)24-11-6-7-17-31-24/h3-7,9-15,17,23,25,27H,2,8,16,18-19H2,1H3,(H,32,38). The molecule has 218 valence electrons. The third-order valence-corrected chi connectivity index (χ3v) is 9.11. The van der Waals surface area contributed by atoms with Gasteiger partial charge in [0, 0.05) is 12.7 Å². The Morgan fingerprint density at radius 1 is 1.00 bits per heavy atom. The summed E-state index contributed by atoms with van der Waals surface area (Å²) in [6.45, 7) is 1.43. The monoisotopic (exact) mass is 590 g/mol. The molecular formula is C30H30N4O7S. The van der Waals surface area contributed by atoms with Gasteiger partial charge in [0.25, 0.3) is 10.0 Å². The summed E-state index contributed by atoms with van der Waals surface area (Å²) in [5.41, 5.74) is 1.71. The maximum Gasteiger partial charge on any atom is 0.413 e. The number of nitrogens with one attached hydrogen (secondary N) is 1. The zero-order valence-electron chi connectivity index (χ0n) is 22.9. The van der Waals surface area contributed by atoms with Crippen molar-refractivity contribution in [2.24, 2.45) is 0 Å². The molecule has 0 aliphatic carbocycles. The third kappa shape index (κ3) is 5.81. The van der Waals surface area contributed by atoms with Crippen LogP contribution in [0.15, 0.2) is 79.0 Å². The summed E-state index contributed by atoms with van der Waals surface area (Å²) in [5, 5.41) is 1.40. The fourth-order valence-electron chi connectivity index (χ4n) is 5.43. The van der Waals surface area contributed by atoms with Crippen LogP contribution in [0, 0.1) is 0 Å². The molecular weight excluding hydrogens is 560 g/mol. The third-order valence-electron chi connectivity index (χ3n) is 7.42. The number of carbonyl (C=O) groups is 4. The second kappa shape index (κ2) is 12.2. The summed E-state index contributed by atoms with van der Waals surface area (Å²) in [7, 11) is -4.55. The second-order valence-electron chi connectivity index (χ2n) is 10.1.